The van der Waals surface area contributed by atoms with Crippen LogP contribution in [0.5, 0.6) is 0 Å². The zero-order valence-electron chi connectivity index (χ0n) is 17.2. The van der Waals surface area contributed by atoms with Crippen molar-refractivity contribution in [3.8, 4) is 16.8 Å². The summed E-state index contributed by atoms with van der Waals surface area (Å²) in [5, 5.41) is 4.57. The summed E-state index contributed by atoms with van der Waals surface area (Å²) in [6, 6.07) is 17.4. The summed E-state index contributed by atoms with van der Waals surface area (Å²) in [4.78, 5) is 1.29. The second-order valence-electron chi connectivity index (χ2n) is 5.33. The number of aryl methyl sites for hydroxylation is 2. The van der Waals surface area contributed by atoms with Gasteiger partial charge in [-0.1, -0.05) is 58.9 Å². The van der Waals surface area contributed by atoms with Crippen molar-refractivity contribution in [2.24, 2.45) is 0 Å². The molecule has 1 heterocycles. The predicted octanol–water partition coefficient (Wildman–Crippen LogP) is 7.18. The van der Waals surface area contributed by atoms with Crippen LogP contribution < -0.4 is 0 Å². The normalized spacial score (nSPS) is 9.65. The van der Waals surface area contributed by atoms with Gasteiger partial charge in [-0.05, 0) is 60.6 Å². The number of rotatable bonds is 4. The number of nitrogens with zero attached hydrogens (tertiary/aromatic N) is 2. The SMILES string of the molecule is CC.CC.CCc1ccc(-c2ccc(SC)cc2)cc1-n1ccc(C)n1. The highest BCUT2D eigenvalue weighted by atomic mass is 32.2. The standard InChI is InChI=1S/C19H20N2S.2C2H6/c1-4-15-5-6-17(16-7-9-18(22-3)10-8-16)13-19(15)21-12-11-14(2)20-21;2*1-2/h5-13H,4H2,1-3H3;2*1-2H3. The minimum atomic E-state index is 1.000. The van der Waals surface area contributed by atoms with E-state index in [4.69, 9.17) is 0 Å². The van der Waals surface area contributed by atoms with Gasteiger partial charge in [-0.3, -0.25) is 0 Å². The molecule has 0 saturated carbocycles. The summed E-state index contributed by atoms with van der Waals surface area (Å²) in [5.41, 5.74) is 5.99. The Balaban J connectivity index is 0.000000791. The highest BCUT2D eigenvalue weighted by molar-refractivity contribution is 7.98. The maximum absolute atomic E-state index is 4.57. The van der Waals surface area contributed by atoms with Crippen molar-refractivity contribution in [2.75, 3.05) is 6.26 Å². The lowest BCUT2D eigenvalue weighted by molar-refractivity contribution is 0.847. The molecule has 0 fully saturated rings. The second kappa shape index (κ2) is 11.6. The lowest BCUT2D eigenvalue weighted by atomic mass is 10.0. The van der Waals surface area contributed by atoms with Gasteiger partial charge in [-0.25, -0.2) is 4.68 Å². The van der Waals surface area contributed by atoms with Crippen LogP contribution in [-0.2, 0) is 6.42 Å². The van der Waals surface area contributed by atoms with Crippen molar-refractivity contribution in [3.63, 3.8) is 0 Å². The fourth-order valence-corrected chi connectivity index (χ4v) is 3.00. The molecule has 0 atom stereocenters. The summed E-state index contributed by atoms with van der Waals surface area (Å²) < 4.78 is 1.98. The van der Waals surface area contributed by atoms with Crippen LogP contribution in [0.3, 0.4) is 0 Å². The van der Waals surface area contributed by atoms with Crippen molar-refractivity contribution < 1.29 is 0 Å². The molecule has 3 rings (SSSR count). The first-order chi connectivity index (χ1) is 12.7. The first-order valence-corrected chi connectivity index (χ1v) is 10.7. The Morgan fingerprint density at radius 2 is 1.50 bits per heavy atom. The molecule has 2 aromatic carbocycles. The van der Waals surface area contributed by atoms with Crippen LogP contribution >= 0.6 is 11.8 Å². The first kappa shape index (κ1) is 22.0. The van der Waals surface area contributed by atoms with Gasteiger partial charge in [0.15, 0.2) is 0 Å². The smallest absolute Gasteiger partial charge is 0.0683 e. The van der Waals surface area contributed by atoms with Crippen LogP contribution in [0.25, 0.3) is 16.8 Å². The van der Waals surface area contributed by atoms with E-state index in [2.05, 4.69) is 60.7 Å². The Labute approximate surface area is 163 Å². The minimum absolute atomic E-state index is 1.000. The molecule has 3 aromatic rings. The fraction of sp³-hybridized carbons (Fsp3) is 0.348. The molecule has 0 bridgehead atoms. The van der Waals surface area contributed by atoms with E-state index in [0.29, 0.717) is 0 Å². The number of hydrogen-bond acceptors (Lipinski definition) is 2. The van der Waals surface area contributed by atoms with Crippen LogP contribution in [0.4, 0.5) is 0 Å². The van der Waals surface area contributed by atoms with Crippen LogP contribution in [0.1, 0.15) is 45.9 Å². The molecule has 0 amide bonds. The van der Waals surface area contributed by atoms with Gasteiger partial charge < -0.3 is 0 Å². The van der Waals surface area contributed by atoms with Gasteiger partial charge in [0, 0.05) is 11.1 Å². The van der Waals surface area contributed by atoms with Crippen LogP contribution in [-0.4, -0.2) is 16.0 Å². The summed E-state index contributed by atoms with van der Waals surface area (Å²) in [6.07, 6.45) is 5.13. The van der Waals surface area contributed by atoms with E-state index in [0.717, 1.165) is 12.1 Å². The molecule has 0 unspecified atom stereocenters. The van der Waals surface area contributed by atoms with Gasteiger partial charge in [0.05, 0.1) is 11.4 Å². The monoisotopic (exact) mass is 368 g/mol. The third-order valence-electron chi connectivity index (χ3n) is 3.86. The van der Waals surface area contributed by atoms with Crippen molar-refractivity contribution in [1.29, 1.82) is 0 Å². The molecule has 0 saturated heterocycles. The van der Waals surface area contributed by atoms with E-state index in [1.165, 1.54) is 27.3 Å². The highest BCUT2D eigenvalue weighted by Gasteiger charge is 2.07. The third kappa shape index (κ3) is 5.50. The average molecular weight is 369 g/mol. The molecule has 0 radical (unpaired) electrons. The van der Waals surface area contributed by atoms with Crippen molar-refractivity contribution in [2.45, 2.75) is 52.9 Å². The van der Waals surface area contributed by atoms with Gasteiger partial charge in [0.1, 0.15) is 0 Å². The number of benzene rings is 2. The quantitative estimate of drug-likeness (QED) is 0.454. The molecule has 3 heteroatoms. The average Bonchev–Trinajstić information content (AvgIpc) is 3.17. The maximum atomic E-state index is 4.57. The molecule has 26 heavy (non-hydrogen) atoms. The zero-order chi connectivity index (χ0) is 19.5. The van der Waals surface area contributed by atoms with Gasteiger partial charge in [0.25, 0.3) is 0 Å². The van der Waals surface area contributed by atoms with E-state index in [1.807, 2.05) is 51.6 Å². The number of aromatic nitrogens is 2. The Kier molecular flexibility index (Phi) is 9.82. The molecule has 0 aliphatic heterocycles. The molecule has 140 valence electrons. The lowest BCUT2D eigenvalue weighted by Gasteiger charge is -2.11. The first-order valence-electron chi connectivity index (χ1n) is 9.51. The third-order valence-corrected chi connectivity index (χ3v) is 4.60. The van der Waals surface area contributed by atoms with Crippen LogP contribution in [0.15, 0.2) is 59.6 Å². The molecule has 0 aliphatic rings. The van der Waals surface area contributed by atoms with Gasteiger partial charge in [-0.2, -0.15) is 5.10 Å². The Morgan fingerprint density at radius 1 is 0.885 bits per heavy atom. The molecule has 0 aliphatic carbocycles. The minimum Gasteiger partial charge on any atom is -0.240 e. The van der Waals surface area contributed by atoms with Crippen molar-refractivity contribution in [1.82, 2.24) is 9.78 Å². The van der Waals surface area contributed by atoms with E-state index in [1.54, 1.807) is 11.8 Å². The predicted molar refractivity (Wildman–Crippen MR) is 118 cm³/mol. The van der Waals surface area contributed by atoms with Gasteiger partial charge in [-0.15, -0.1) is 11.8 Å². The summed E-state index contributed by atoms with van der Waals surface area (Å²) in [7, 11) is 0. The van der Waals surface area contributed by atoms with Crippen LogP contribution in [0, 0.1) is 6.92 Å². The Bertz CT molecular complexity index is 773. The van der Waals surface area contributed by atoms with E-state index in [9.17, 15) is 0 Å². The molecule has 1 aromatic heterocycles. The van der Waals surface area contributed by atoms with Gasteiger partial charge >= 0.3 is 0 Å². The lowest BCUT2D eigenvalue weighted by Crippen LogP contribution is -2.00. The maximum Gasteiger partial charge on any atom is 0.0683 e. The number of hydrogen-bond donors (Lipinski definition) is 0. The fourth-order valence-electron chi connectivity index (χ4n) is 2.59. The highest BCUT2D eigenvalue weighted by Crippen LogP contribution is 2.27. The second-order valence-corrected chi connectivity index (χ2v) is 6.21. The Hall–Kier alpha value is -2.00. The van der Waals surface area contributed by atoms with E-state index in [-0.39, 0.29) is 0 Å². The van der Waals surface area contributed by atoms with Gasteiger partial charge in [0.2, 0.25) is 0 Å². The topological polar surface area (TPSA) is 17.8 Å². The van der Waals surface area contributed by atoms with E-state index < -0.39 is 0 Å². The molecule has 0 N–H and O–H groups in total. The Morgan fingerprint density at radius 3 is 2.00 bits per heavy atom. The molecule has 2 nitrogen and oxygen atoms in total. The van der Waals surface area contributed by atoms with Crippen LogP contribution in [0.2, 0.25) is 0 Å². The summed E-state index contributed by atoms with van der Waals surface area (Å²) in [6.45, 7) is 12.2. The molecular formula is C23H32N2S. The summed E-state index contributed by atoms with van der Waals surface area (Å²) >= 11 is 1.77. The van der Waals surface area contributed by atoms with Crippen molar-refractivity contribution >= 4 is 11.8 Å². The zero-order valence-corrected chi connectivity index (χ0v) is 18.0. The largest absolute Gasteiger partial charge is 0.240 e. The molecule has 0 spiro atoms. The van der Waals surface area contributed by atoms with Crippen molar-refractivity contribution in [3.05, 3.63) is 66.0 Å². The van der Waals surface area contributed by atoms with E-state index >= 15 is 0 Å². The summed E-state index contributed by atoms with van der Waals surface area (Å²) in [5.74, 6) is 0. The molecular weight excluding hydrogens is 336 g/mol. The number of thioether (sulfide) groups is 1.